The quantitative estimate of drug-likeness (QED) is 0.652. The number of hydrogen-bond acceptors (Lipinski definition) is 3. The Morgan fingerprint density at radius 2 is 1.92 bits per heavy atom. The van der Waals surface area contributed by atoms with Gasteiger partial charge in [-0.1, -0.05) is 30.9 Å². The summed E-state index contributed by atoms with van der Waals surface area (Å²) in [6.07, 6.45) is 3.73. The number of aromatic nitrogens is 2. The van der Waals surface area contributed by atoms with E-state index in [9.17, 15) is 4.79 Å². The van der Waals surface area contributed by atoms with Crippen molar-refractivity contribution in [1.29, 1.82) is 0 Å². The smallest absolute Gasteiger partial charge is 0.266 e. The van der Waals surface area contributed by atoms with Crippen LogP contribution in [0.1, 0.15) is 19.7 Å². The number of hydrogen-bond donors (Lipinski definition) is 0. The summed E-state index contributed by atoms with van der Waals surface area (Å²) in [6.45, 7) is 8.50. The Hall–Kier alpha value is -3.14. The van der Waals surface area contributed by atoms with E-state index < -0.39 is 0 Å². The normalized spacial score (nSPS) is 11.1. The molecule has 0 aliphatic carbocycles. The summed E-state index contributed by atoms with van der Waals surface area (Å²) in [5.74, 6) is 1.30. The van der Waals surface area contributed by atoms with Crippen LogP contribution in [-0.4, -0.2) is 16.2 Å². The van der Waals surface area contributed by atoms with Crippen LogP contribution in [0.4, 0.5) is 0 Å². The van der Waals surface area contributed by atoms with E-state index in [1.165, 1.54) is 0 Å². The topological polar surface area (TPSA) is 44.1 Å². The molecule has 4 heteroatoms. The first-order valence-corrected chi connectivity index (χ1v) is 8.22. The lowest BCUT2D eigenvalue weighted by Gasteiger charge is -2.14. The van der Waals surface area contributed by atoms with Crippen molar-refractivity contribution in [2.45, 2.75) is 13.8 Å². The van der Waals surface area contributed by atoms with Crippen LogP contribution < -0.4 is 10.3 Å². The number of benzene rings is 2. The Kier molecular flexibility index (Phi) is 4.80. The highest BCUT2D eigenvalue weighted by atomic mass is 16.5. The van der Waals surface area contributed by atoms with Gasteiger partial charge in [-0.15, -0.1) is 0 Å². The minimum absolute atomic E-state index is 0.115. The first kappa shape index (κ1) is 16.7. The highest BCUT2D eigenvalue weighted by Crippen LogP contribution is 2.20. The largest absolute Gasteiger partial charge is 0.494 e. The second kappa shape index (κ2) is 7.18. The molecular formula is C21H20N2O2. The lowest BCUT2D eigenvalue weighted by atomic mass is 10.2. The first-order valence-electron chi connectivity index (χ1n) is 8.22. The fraction of sp³-hybridized carbons (Fsp3) is 0.143. The number of para-hydroxylation sites is 1. The number of fused-ring (bicyclic) bond motifs is 1. The van der Waals surface area contributed by atoms with Gasteiger partial charge >= 0.3 is 0 Å². The van der Waals surface area contributed by atoms with Gasteiger partial charge in [-0.3, -0.25) is 9.36 Å². The molecule has 0 unspecified atom stereocenters. The van der Waals surface area contributed by atoms with Crippen LogP contribution in [0.25, 0.3) is 22.2 Å². The van der Waals surface area contributed by atoms with E-state index in [-0.39, 0.29) is 5.56 Å². The molecular weight excluding hydrogens is 312 g/mol. The van der Waals surface area contributed by atoms with Crippen LogP contribution >= 0.6 is 0 Å². The van der Waals surface area contributed by atoms with Crippen molar-refractivity contribution in [1.82, 2.24) is 9.55 Å². The fourth-order valence-electron chi connectivity index (χ4n) is 2.72. The molecule has 4 nitrogen and oxygen atoms in total. The molecule has 0 bridgehead atoms. The van der Waals surface area contributed by atoms with Gasteiger partial charge in [-0.05, 0) is 50.2 Å². The lowest BCUT2D eigenvalue weighted by molar-refractivity contribution is 0.340. The van der Waals surface area contributed by atoms with Crippen molar-refractivity contribution in [2.24, 2.45) is 0 Å². The molecule has 126 valence electrons. The van der Waals surface area contributed by atoms with E-state index >= 15 is 0 Å². The molecule has 2 aromatic carbocycles. The van der Waals surface area contributed by atoms with Gasteiger partial charge in [0.15, 0.2) is 0 Å². The summed E-state index contributed by atoms with van der Waals surface area (Å²) in [7, 11) is 0. The Morgan fingerprint density at radius 3 is 2.60 bits per heavy atom. The standard InChI is InChI=1S/C21H20N2O2/c1-4-8-15(3)20-22-19-10-7-6-9-18(19)21(24)23(20)16-11-13-17(14-12-16)25-5-2/h4,6-14H,3,5H2,1-2H3/b8-4-. The maximum Gasteiger partial charge on any atom is 0.266 e. The average Bonchev–Trinajstić information content (AvgIpc) is 2.63. The zero-order chi connectivity index (χ0) is 17.8. The van der Waals surface area contributed by atoms with Gasteiger partial charge in [0.25, 0.3) is 5.56 Å². The van der Waals surface area contributed by atoms with Gasteiger partial charge in [0.2, 0.25) is 0 Å². The van der Waals surface area contributed by atoms with Gasteiger partial charge in [-0.2, -0.15) is 0 Å². The number of rotatable bonds is 5. The fourth-order valence-corrected chi connectivity index (χ4v) is 2.72. The molecule has 1 heterocycles. The summed E-state index contributed by atoms with van der Waals surface area (Å²) < 4.78 is 7.08. The maximum absolute atomic E-state index is 13.1. The third-order valence-corrected chi connectivity index (χ3v) is 3.84. The molecule has 0 amide bonds. The van der Waals surface area contributed by atoms with E-state index in [1.54, 1.807) is 10.6 Å². The Bertz CT molecular complexity index is 999. The molecule has 1 aromatic heterocycles. The molecule has 0 saturated carbocycles. The molecule has 0 fully saturated rings. The molecule has 0 N–H and O–H groups in total. The van der Waals surface area contributed by atoms with E-state index in [2.05, 4.69) is 11.6 Å². The highest BCUT2D eigenvalue weighted by Gasteiger charge is 2.14. The van der Waals surface area contributed by atoms with Crippen molar-refractivity contribution < 1.29 is 4.74 Å². The second-order valence-electron chi connectivity index (χ2n) is 5.55. The van der Waals surface area contributed by atoms with Crippen LogP contribution in [0.15, 0.2) is 72.1 Å². The monoisotopic (exact) mass is 332 g/mol. The molecule has 0 radical (unpaired) electrons. The summed E-state index contributed by atoms with van der Waals surface area (Å²) in [6, 6.07) is 14.8. The second-order valence-corrected chi connectivity index (χ2v) is 5.55. The predicted molar refractivity (Wildman–Crippen MR) is 102 cm³/mol. The van der Waals surface area contributed by atoms with Crippen molar-refractivity contribution in [3.8, 4) is 11.4 Å². The number of nitrogens with zero attached hydrogens (tertiary/aromatic N) is 2. The minimum Gasteiger partial charge on any atom is -0.494 e. The van der Waals surface area contributed by atoms with Crippen LogP contribution in [0.3, 0.4) is 0 Å². The molecule has 0 atom stereocenters. The van der Waals surface area contributed by atoms with Crippen LogP contribution in [-0.2, 0) is 0 Å². The summed E-state index contributed by atoms with van der Waals surface area (Å²) in [4.78, 5) is 17.8. The van der Waals surface area contributed by atoms with Gasteiger partial charge in [0, 0.05) is 5.57 Å². The average molecular weight is 332 g/mol. The van der Waals surface area contributed by atoms with Gasteiger partial charge < -0.3 is 4.74 Å². The zero-order valence-electron chi connectivity index (χ0n) is 14.4. The molecule has 0 spiro atoms. The van der Waals surface area contributed by atoms with E-state index in [1.807, 2.05) is 68.5 Å². The summed E-state index contributed by atoms with van der Waals surface area (Å²) >= 11 is 0. The molecule has 0 aliphatic rings. The van der Waals surface area contributed by atoms with E-state index in [0.29, 0.717) is 28.9 Å². The molecule has 25 heavy (non-hydrogen) atoms. The Balaban J connectivity index is 2.27. The Morgan fingerprint density at radius 1 is 1.20 bits per heavy atom. The lowest BCUT2D eigenvalue weighted by Crippen LogP contribution is -2.23. The predicted octanol–water partition coefficient (Wildman–Crippen LogP) is 4.37. The van der Waals surface area contributed by atoms with E-state index in [4.69, 9.17) is 4.74 Å². The van der Waals surface area contributed by atoms with Gasteiger partial charge in [0.05, 0.1) is 23.2 Å². The first-order chi connectivity index (χ1) is 12.2. The summed E-state index contributed by atoms with van der Waals surface area (Å²) in [5.41, 5.74) is 1.96. The van der Waals surface area contributed by atoms with E-state index in [0.717, 1.165) is 11.4 Å². The van der Waals surface area contributed by atoms with Crippen LogP contribution in [0, 0.1) is 0 Å². The van der Waals surface area contributed by atoms with Crippen LogP contribution in [0.5, 0.6) is 5.75 Å². The van der Waals surface area contributed by atoms with Crippen molar-refractivity contribution in [2.75, 3.05) is 6.61 Å². The van der Waals surface area contributed by atoms with Gasteiger partial charge in [-0.25, -0.2) is 4.98 Å². The molecule has 0 saturated heterocycles. The Labute approximate surface area is 146 Å². The van der Waals surface area contributed by atoms with Crippen molar-refractivity contribution in [3.63, 3.8) is 0 Å². The summed E-state index contributed by atoms with van der Waals surface area (Å²) in [5, 5.41) is 0.577. The molecule has 3 rings (SSSR count). The highest BCUT2D eigenvalue weighted by molar-refractivity contribution is 5.81. The van der Waals surface area contributed by atoms with Crippen molar-refractivity contribution >= 4 is 16.5 Å². The maximum atomic E-state index is 13.1. The van der Waals surface area contributed by atoms with Crippen molar-refractivity contribution in [3.05, 3.63) is 83.4 Å². The molecule has 3 aromatic rings. The SMILES string of the molecule is C=C(/C=C\C)c1nc2ccccc2c(=O)n1-c1ccc(OCC)cc1. The number of ether oxygens (including phenoxy) is 1. The number of allylic oxidation sites excluding steroid dienone is 3. The van der Waals surface area contributed by atoms with Gasteiger partial charge in [0.1, 0.15) is 11.6 Å². The van der Waals surface area contributed by atoms with Crippen LogP contribution in [0.2, 0.25) is 0 Å². The zero-order valence-corrected chi connectivity index (χ0v) is 14.4. The third kappa shape index (κ3) is 3.24. The molecule has 0 aliphatic heterocycles. The third-order valence-electron chi connectivity index (χ3n) is 3.84. The minimum atomic E-state index is -0.115.